The van der Waals surface area contributed by atoms with Crippen LogP contribution in [0, 0.1) is 6.92 Å². The van der Waals surface area contributed by atoms with E-state index < -0.39 is 15.6 Å². The molecule has 0 fully saturated rings. The fourth-order valence-corrected chi connectivity index (χ4v) is 4.74. The molecule has 0 aliphatic carbocycles. The van der Waals surface area contributed by atoms with E-state index in [0.29, 0.717) is 35.1 Å². The summed E-state index contributed by atoms with van der Waals surface area (Å²) in [6.45, 7) is 1.67. The second-order valence-corrected chi connectivity index (χ2v) is 9.58. The van der Waals surface area contributed by atoms with Gasteiger partial charge < -0.3 is 9.15 Å². The van der Waals surface area contributed by atoms with Gasteiger partial charge in [-0.2, -0.15) is 0 Å². The van der Waals surface area contributed by atoms with E-state index in [1.807, 2.05) is 36.4 Å². The van der Waals surface area contributed by atoms with Crippen LogP contribution >= 0.6 is 0 Å². The largest absolute Gasteiger partial charge is 0.497 e. The Labute approximate surface area is 183 Å². The molecule has 0 saturated heterocycles. The number of aromatic nitrogens is 1. The third-order valence-electron chi connectivity index (χ3n) is 4.96. The van der Waals surface area contributed by atoms with Crippen LogP contribution in [-0.2, 0) is 26.8 Å². The monoisotopic (exact) mass is 441 g/mol. The first-order valence-electron chi connectivity index (χ1n) is 10.2. The Morgan fingerprint density at radius 1 is 1.06 bits per heavy atom. The average Bonchev–Trinajstić information content (AvgIpc) is 3.11. The summed E-state index contributed by atoms with van der Waals surface area (Å²) in [5, 5.41) is 0. The lowest BCUT2D eigenvalue weighted by atomic mass is 10.1. The molecule has 1 aromatic heterocycles. The van der Waals surface area contributed by atoms with Crippen molar-refractivity contribution in [2.75, 3.05) is 12.9 Å². The highest BCUT2D eigenvalue weighted by Crippen LogP contribution is 2.26. The molecule has 0 unspecified atom stereocenters. The van der Waals surface area contributed by atoms with E-state index in [1.54, 1.807) is 32.2 Å². The van der Waals surface area contributed by atoms with E-state index in [4.69, 9.17) is 9.15 Å². The predicted molar refractivity (Wildman–Crippen MR) is 120 cm³/mol. The van der Waals surface area contributed by atoms with Crippen LogP contribution in [0.4, 0.5) is 0 Å². The van der Waals surface area contributed by atoms with Gasteiger partial charge in [-0.25, -0.2) is 13.4 Å². The lowest BCUT2D eigenvalue weighted by Gasteiger charge is -2.04. The molecule has 1 heterocycles. The minimum absolute atomic E-state index is 0.262. The molecule has 31 heavy (non-hydrogen) atoms. The molecule has 0 spiro atoms. The molecular formula is C24H27NO5S. The molecule has 7 heteroatoms. The van der Waals surface area contributed by atoms with Crippen LogP contribution in [-0.4, -0.2) is 32.0 Å². The van der Waals surface area contributed by atoms with Gasteiger partial charge in [0.25, 0.3) is 0 Å². The summed E-state index contributed by atoms with van der Waals surface area (Å²) < 4.78 is 35.9. The Morgan fingerprint density at radius 2 is 1.84 bits per heavy atom. The van der Waals surface area contributed by atoms with Gasteiger partial charge in [0.2, 0.25) is 5.89 Å². The molecular weight excluding hydrogens is 414 g/mol. The Bertz CT molecular complexity index is 1120. The molecule has 2 aromatic carbocycles. The summed E-state index contributed by atoms with van der Waals surface area (Å²) in [4.78, 5) is 16.5. The third kappa shape index (κ3) is 6.79. The van der Waals surface area contributed by atoms with Crippen molar-refractivity contribution in [1.29, 1.82) is 0 Å². The number of ketones is 1. The van der Waals surface area contributed by atoms with Crippen LogP contribution in [0.3, 0.4) is 0 Å². The normalized spacial score (nSPS) is 11.4. The first-order valence-corrected chi connectivity index (χ1v) is 12.1. The van der Waals surface area contributed by atoms with Crippen molar-refractivity contribution in [2.24, 2.45) is 0 Å². The van der Waals surface area contributed by atoms with E-state index in [2.05, 4.69) is 4.98 Å². The molecule has 0 aliphatic heterocycles. The van der Waals surface area contributed by atoms with Crippen molar-refractivity contribution in [3.05, 3.63) is 71.6 Å². The van der Waals surface area contributed by atoms with Gasteiger partial charge in [0.05, 0.1) is 18.6 Å². The molecule has 0 N–H and O–H groups in total. The van der Waals surface area contributed by atoms with Crippen LogP contribution < -0.4 is 4.74 Å². The molecule has 0 aliphatic rings. The topological polar surface area (TPSA) is 86.5 Å². The number of rotatable bonds is 11. The van der Waals surface area contributed by atoms with Gasteiger partial charge in [-0.3, -0.25) is 4.79 Å². The van der Waals surface area contributed by atoms with Crippen LogP contribution in [0.15, 0.2) is 59.0 Å². The summed E-state index contributed by atoms with van der Waals surface area (Å²) >= 11 is 0. The summed E-state index contributed by atoms with van der Waals surface area (Å²) in [6, 6.07) is 17.2. The minimum atomic E-state index is -3.62. The maximum atomic E-state index is 12.5. The standard InChI is InChI=1S/C24H27NO5S/c1-18-23(25-24(30-18)20-12-8-14-22(15-20)29-2)17-31(27,28)16-21(26)13-7-6-11-19-9-4-3-5-10-19/h3-5,8-10,12,14-15H,6-7,11,13,16-17H2,1-2H3. The Kier molecular flexibility index (Phi) is 7.63. The van der Waals surface area contributed by atoms with Gasteiger partial charge in [0, 0.05) is 12.0 Å². The molecule has 0 atom stereocenters. The number of hydrogen-bond donors (Lipinski definition) is 0. The summed E-state index contributed by atoms with van der Waals surface area (Å²) in [7, 11) is -2.06. The van der Waals surface area contributed by atoms with Crippen molar-refractivity contribution in [1.82, 2.24) is 4.98 Å². The van der Waals surface area contributed by atoms with Gasteiger partial charge in [-0.05, 0) is 49.9 Å². The highest BCUT2D eigenvalue weighted by Gasteiger charge is 2.22. The quantitative estimate of drug-likeness (QED) is 0.406. The minimum Gasteiger partial charge on any atom is -0.497 e. The van der Waals surface area contributed by atoms with Crippen LogP contribution in [0.1, 0.15) is 36.3 Å². The molecule has 6 nitrogen and oxygen atoms in total. The zero-order valence-electron chi connectivity index (χ0n) is 17.8. The smallest absolute Gasteiger partial charge is 0.226 e. The summed E-state index contributed by atoms with van der Waals surface area (Å²) in [5.74, 6) is 0.356. The number of oxazole rings is 1. The Balaban J connectivity index is 1.54. The zero-order valence-corrected chi connectivity index (χ0v) is 18.7. The van der Waals surface area contributed by atoms with Crippen LogP contribution in [0.25, 0.3) is 11.5 Å². The van der Waals surface area contributed by atoms with E-state index in [0.717, 1.165) is 12.8 Å². The Morgan fingerprint density at radius 3 is 2.58 bits per heavy atom. The number of methoxy groups -OCH3 is 1. The predicted octanol–water partition coefficient (Wildman–Crippen LogP) is 4.56. The number of sulfone groups is 1. The number of benzene rings is 2. The van der Waals surface area contributed by atoms with Crippen LogP contribution in [0.5, 0.6) is 5.75 Å². The number of carbonyl (C=O) groups is 1. The van der Waals surface area contributed by atoms with E-state index >= 15 is 0 Å². The van der Waals surface area contributed by atoms with Crippen molar-refractivity contribution in [3.8, 4) is 17.2 Å². The number of Topliss-reactive ketones (excluding diaryl/α,β-unsaturated/α-hetero) is 1. The van der Waals surface area contributed by atoms with Gasteiger partial charge in [0.1, 0.15) is 23.0 Å². The van der Waals surface area contributed by atoms with E-state index in [1.165, 1.54) is 5.56 Å². The molecule has 0 amide bonds. The second-order valence-electron chi connectivity index (χ2n) is 7.52. The van der Waals surface area contributed by atoms with Crippen molar-refractivity contribution >= 4 is 15.6 Å². The SMILES string of the molecule is COc1cccc(-c2nc(CS(=O)(=O)CC(=O)CCCCc3ccccc3)c(C)o2)c1. The molecule has 0 bridgehead atoms. The van der Waals surface area contributed by atoms with E-state index in [-0.39, 0.29) is 18.0 Å². The maximum Gasteiger partial charge on any atom is 0.226 e. The maximum absolute atomic E-state index is 12.5. The lowest BCUT2D eigenvalue weighted by Crippen LogP contribution is -2.18. The third-order valence-corrected chi connectivity index (χ3v) is 6.44. The fourth-order valence-electron chi connectivity index (χ4n) is 3.31. The van der Waals surface area contributed by atoms with E-state index in [9.17, 15) is 13.2 Å². The number of aryl methyl sites for hydroxylation is 2. The molecule has 0 saturated carbocycles. The number of unbranched alkanes of at least 4 members (excludes halogenated alkanes) is 1. The molecule has 3 rings (SSSR count). The summed E-state index contributed by atoms with van der Waals surface area (Å²) in [5.41, 5.74) is 2.24. The first kappa shape index (κ1) is 22.7. The van der Waals surface area contributed by atoms with Gasteiger partial charge in [-0.1, -0.05) is 36.4 Å². The number of hydrogen-bond acceptors (Lipinski definition) is 6. The first-order chi connectivity index (χ1) is 14.9. The summed E-state index contributed by atoms with van der Waals surface area (Å²) in [6.07, 6.45) is 2.67. The lowest BCUT2D eigenvalue weighted by molar-refractivity contribution is -0.116. The van der Waals surface area contributed by atoms with Gasteiger partial charge in [-0.15, -0.1) is 0 Å². The van der Waals surface area contributed by atoms with Crippen molar-refractivity contribution < 1.29 is 22.4 Å². The number of nitrogens with zero attached hydrogens (tertiary/aromatic N) is 1. The van der Waals surface area contributed by atoms with Crippen LogP contribution in [0.2, 0.25) is 0 Å². The molecule has 0 radical (unpaired) electrons. The average molecular weight is 442 g/mol. The van der Waals surface area contributed by atoms with Gasteiger partial charge in [0.15, 0.2) is 9.84 Å². The number of carbonyl (C=O) groups excluding carboxylic acids is 1. The Hall–Kier alpha value is -2.93. The molecule has 164 valence electrons. The fraction of sp³-hybridized carbons (Fsp3) is 0.333. The molecule has 3 aromatic rings. The highest BCUT2D eigenvalue weighted by atomic mass is 32.2. The zero-order chi connectivity index (χ0) is 22.3. The van der Waals surface area contributed by atoms with Crippen molar-refractivity contribution in [3.63, 3.8) is 0 Å². The van der Waals surface area contributed by atoms with Crippen molar-refractivity contribution in [2.45, 2.75) is 38.4 Å². The number of ether oxygens (including phenoxy) is 1. The second kappa shape index (κ2) is 10.4. The highest BCUT2D eigenvalue weighted by molar-refractivity contribution is 7.91. The van der Waals surface area contributed by atoms with Gasteiger partial charge >= 0.3 is 0 Å².